The fourth-order valence-corrected chi connectivity index (χ4v) is 4.19. The molecule has 2 aliphatic carbocycles. The molecule has 23 heavy (non-hydrogen) atoms. The Morgan fingerprint density at radius 3 is 2.78 bits per heavy atom. The summed E-state index contributed by atoms with van der Waals surface area (Å²) in [5, 5.41) is 4.25. The van der Waals surface area contributed by atoms with Gasteiger partial charge in [0.25, 0.3) is 0 Å². The van der Waals surface area contributed by atoms with Crippen molar-refractivity contribution in [3.05, 3.63) is 69.8 Å². The summed E-state index contributed by atoms with van der Waals surface area (Å²) >= 11 is 6.21. The zero-order chi connectivity index (χ0) is 16.0. The van der Waals surface area contributed by atoms with E-state index in [4.69, 9.17) is 16.3 Å². The van der Waals surface area contributed by atoms with Gasteiger partial charge in [0.15, 0.2) is 0 Å². The molecule has 2 aromatic carbocycles. The average molecular weight is 326 g/mol. The summed E-state index contributed by atoms with van der Waals surface area (Å²) in [6.45, 7) is 0. The maximum atomic E-state index is 6.21. The maximum Gasteiger partial charge on any atom is 0.119 e. The van der Waals surface area contributed by atoms with E-state index in [-0.39, 0.29) is 0 Å². The molecule has 0 heterocycles. The van der Waals surface area contributed by atoms with E-state index in [1.54, 1.807) is 7.11 Å². The molecule has 2 unspecified atom stereocenters. The van der Waals surface area contributed by atoms with Crippen molar-refractivity contribution >= 4 is 17.2 Å². The minimum atomic E-state index is 0.365. The van der Waals surface area contributed by atoms with E-state index in [0.717, 1.165) is 23.6 Å². The van der Waals surface area contributed by atoms with Crippen LogP contribution in [0.5, 0.6) is 5.75 Å². The van der Waals surface area contributed by atoms with Crippen molar-refractivity contribution in [2.45, 2.75) is 24.8 Å². The lowest BCUT2D eigenvalue weighted by Gasteiger charge is -2.16. The topological polar surface area (TPSA) is 21.3 Å². The Labute approximate surface area is 142 Å². The Balaban J connectivity index is 1.77. The molecular formula is C20H20ClNO. The lowest BCUT2D eigenvalue weighted by atomic mass is 9.89. The number of ether oxygens (including phenoxy) is 1. The Bertz CT molecular complexity index is 796. The van der Waals surface area contributed by atoms with Crippen molar-refractivity contribution in [1.82, 2.24) is 5.32 Å². The van der Waals surface area contributed by atoms with E-state index in [1.807, 2.05) is 19.2 Å². The first-order chi connectivity index (χ1) is 11.2. The number of allylic oxidation sites excluding steroid dienone is 2. The first kappa shape index (κ1) is 14.8. The molecule has 118 valence electrons. The minimum Gasteiger partial charge on any atom is -0.497 e. The van der Waals surface area contributed by atoms with Crippen molar-refractivity contribution in [2.24, 2.45) is 0 Å². The largest absolute Gasteiger partial charge is 0.497 e. The number of nitrogens with one attached hydrogen (secondary N) is 1. The Morgan fingerprint density at radius 2 is 2.00 bits per heavy atom. The Kier molecular flexibility index (Phi) is 3.67. The molecule has 0 fully saturated rings. The monoisotopic (exact) mass is 325 g/mol. The second-order valence-electron chi connectivity index (χ2n) is 6.29. The van der Waals surface area contributed by atoms with Crippen LogP contribution in [-0.4, -0.2) is 14.2 Å². The third-order valence-corrected chi connectivity index (χ3v) is 5.40. The number of hydrogen-bond donors (Lipinski definition) is 1. The first-order valence-electron chi connectivity index (χ1n) is 8.05. The van der Waals surface area contributed by atoms with Crippen LogP contribution in [0.25, 0.3) is 5.57 Å². The first-order valence-corrected chi connectivity index (χ1v) is 8.43. The van der Waals surface area contributed by atoms with Gasteiger partial charge < -0.3 is 10.1 Å². The zero-order valence-electron chi connectivity index (χ0n) is 13.4. The van der Waals surface area contributed by atoms with Crippen LogP contribution in [0.3, 0.4) is 0 Å². The number of methoxy groups -OCH3 is 1. The van der Waals surface area contributed by atoms with Crippen LogP contribution in [0, 0.1) is 0 Å². The molecule has 0 radical (unpaired) electrons. The molecule has 3 heteroatoms. The van der Waals surface area contributed by atoms with Gasteiger partial charge in [-0.3, -0.25) is 0 Å². The van der Waals surface area contributed by atoms with Crippen LogP contribution in [-0.2, 0) is 6.42 Å². The predicted molar refractivity (Wildman–Crippen MR) is 95.3 cm³/mol. The highest BCUT2D eigenvalue weighted by atomic mass is 35.5. The Morgan fingerprint density at radius 1 is 1.13 bits per heavy atom. The van der Waals surface area contributed by atoms with E-state index >= 15 is 0 Å². The van der Waals surface area contributed by atoms with E-state index in [9.17, 15) is 0 Å². The molecule has 0 saturated carbocycles. The molecule has 2 aliphatic rings. The molecule has 1 N–H and O–H groups in total. The summed E-state index contributed by atoms with van der Waals surface area (Å²) in [6.07, 6.45) is 4.47. The number of rotatable bonds is 3. The fraction of sp³-hybridized carbons (Fsp3) is 0.300. The van der Waals surface area contributed by atoms with E-state index in [0.29, 0.717) is 12.0 Å². The molecular weight excluding hydrogens is 306 g/mol. The van der Waals surface area contributed by atoms with Crippen LogP contribution in [0.2, 0.25) is 5.02 Å². The summed E-state index contributed by atoms with van der Waals surface area (Å²) in [4.78, 5) is 0. The second kappa shape index (κ2) is 5.70. The van der Waals surface area contributed by atoms with Crippen molar-refractivity contribution in [2.75, 3.05) is 14.2 Å². The van der Waals surface area contributed by atoms with Crippen LogP contribution in [0.4, 0.5) is 0 Å². The van der Waals surface area contributed by atoms with Crippen LogP contribution >= 0.6 is 11.6 Å². The third-order valence-electron chi connectivity index (χ3n) is 5.16. The van der Waals surface area contributed by atoms with Gasteiger partial charge in [-0.25, -0.2) is 0 Å². The molecule has 0 aromatic heterocycles. The predicted octanol–water partition coefficient (Wildman–Crippen LogP) is 4.74. The van der Waals surface area contributed by atoms with Gasteiger partial charge >= 0.3 is 0 Å². The summed E-state index contributed by atoms with van der Waals surface area (Å²) in [5.41, 5.74) is 6.90. The molecule has 0 saturated heterocycles. The Hall–Kier alpha value is -1.77. The standard InChI is InChI=1S/C20H20ClNO/c1-22-20-11-18(16-8-5-13(21)9-19(16)20)15-7-4-12-3-6-14(23-2)10-17(12)15/h3,5-10,18,20,22H,4,11H2,1-2H3. The van der Waals surface area contributed by atoms with Gasteiger partial charge in [-0.2, -0.15) is 0 Å². The molecule has 0 amide bonds. The number of fused-ring (bicyclic) bond motifs is 2. The quantitative estimate of drug-likeness (QED) is 0.880. The third kappa shape index (κ3) is 2.37. The molecule has 0 spiro atoms. The lowest BCUT2D eigenvalue weighted by Crippen LogP contribution is -2.13. The van der Waals surface area contributed by atoms with Gasteiger partial charge in [0.1, 0.15) is 5.75 Å². The lowest BCUT2D eigenvalue weighted by molar-refractivity contribution is 0.414. The second-order valence-corrected chi connectivity index (χ2v) is 6.73. The molecule has 2 nitrogen and oxygen atoms in total. The summed E-state index contributed by atoms with van der Waals surface area (Å²) in [7, 11) is 3.75. The van der Waals surface area contributed by atoms with Crippen molar-refractivity contribution in [3.63, 3.8) is 0 Å². The highest BCUT2D eigenvalue weighted by Gasteiger charge is 2.34. The van der Waals surface area contributed by atoms with Gasteiger partial charge in [0.05, 0.1) is 7.11 Å². The van der Waals surface area contributed by atoms with E-state index in [1.165, 1.54) is 27.8 Å². The van der Waals surface area contributed by atoms with Gasteiger partial charge in [-0.15, -0.1) is 0 Å². The van der Waals surface area contributed by atoms with Gasteiger partial charge in [-0.1, -0.05) is 29.8 Å². The number of halogens is 1. The number of hydrogen-bond acceptors (Lipinski definition) is 2. The number of benzene rings is 2. The summed E-state index contributed by atoms with van der Waals surface area (Å²) in [6, 6.07) is 13.1. The maximum absolute atomic E-state index is 6.21. The van der Waals surface area contributed by atoms with Gasteiger partial charge in [-0.05, 0) is 72.0 Å². The van der Waals surface area contributed by atoms with E-state index < -0.39 is 0 Å². The smallest absolute Gasteiger partial charge is 0.119 e. The molecule has 0 bridgehead atoms. The zero-order valence-corrected chi connectivity index (χ0v) is 14.2. The SMILES string of the molecule is CNC1CC(C2=CCc3ccc(OC)cc32)c2ccc(Cl)cc21. The highest BCUT2D eigenvalue weighted by molar-refractivity contribution is 6.30. The van der Waals surface area contributed by atoms with Crippen molar-refractivity contribution in [1.29, 1.82) is 0 Å². The fourth-order valence-electron chi connectivity index (χ4n) is 4.01. The molecule has 2 aromatic rings. The van der Waals surface area contributed by atoms with Crippen molar-refractivity contribution < 1.29 is 4.74 Å². The minimum absolute atomic E-state index is 0.365. The average Bonchev–Trinajstić information content (AvgIpc) is 3.14. The molecule has 2 atom stereocenters. The van der Waals surface area contributed by atoms with E-state index in [2.05, 4.69) is 35.7 Å². The van der Waals surface area contributed by atoms with Crippen LogP contribution < -0.4 is 10.1 Å². The highest BCUT2D eigenvalue weighted by Crippen LogP contribution is 2.50. The van der Waals surface area contributed by atoms with Crippen LogP contribution in [0.1, 0.15) is 40.6 Å². The summed E-state index contributed by atoms with van der Waals surface area (Å²) in [5.74, 6) is 1.35. The van der Waals surface area contributed by atoms with Gasteiger partial charge in [0.2, 0.25) is 0 Å². The molecule has 0 aliphatic heterocycles. The summed E-state index contributed by atoms with van der Waals surface area (Å²) < 4.78 is 5.42. The van der Waals surface area contributed by atoms with Crippen molar-refractivity contribution in [3.8, 4) is 5.75 Å². The van der Waals surface area contributed by atoms with Crippen LogP contribution in [0.15, 0.2) is 42.5 Å². The van der Waals surface area contributed by atoms with Gasteiger partial charge in [0, 0.05) is 17.0 Å². The normalized spacial score (nSPS) is 21.8. The molecule has 4 rings (SSSR count).